The van der Waals surface area contributed by atoms with Gasteiger partial charge in [-0.15, -0.1) is 11.3 Å². The van der Waals surface area contributed by atoms with Gasteiger partial charge in [0.2, 0.25) is 0 Å². The number of amides is 2. The molecule has 3 heterocycles. The topological polar surface area (TPSA) is 105 Å². The number of nitrogens with zero attached hydrogens (tertiary/aromatic N) is 3. The number of benzene rings is 2. The van der Waals surface area contributed by atoms with Gasteiger partial charge in [-0.2, -0.15) is 5.10 Å². The van der Waals surface area contributed by atoms with Gasteiger partial charge in [-0.25, -0.2) is 5.01 Å². The van der Waals surface area contributed by atoms with Gasteiger partial charge in [-0.05, 0) is 35.9 Å². The standard InChI is InChI=1S/C25H27N7O2S/c1-31(16-17-5-3-2-4-6-17)30-24(34)21-15-20-22(28-29-25(20)35-21)27-23(33)18-7-9-19(10-8-18)32-13-11-26-12-14-32/h2-10,15,26H,11-14,16H2,1H3,(H,30,34)(H2,27,28,29,33). The first kappa shape index (κ1) is 23.0. The highest BCUT2D eigenvalue weighted by molar-refractivity contribution is 7.20. The van der Waals surface area contributed by atoms with Crippen molar-refractivity contribution in [3.63, 3.8) is 0 Å². The van der Waals surface area contributed by atoms with E-state index >= 15 is 0 Å². The number of nitrogens with one attached hydrogen (secondary N) is 4. The van der Waals surface area contributed by atoms with Crippen molar-refractivity contribution in [2.24, 2.45) is 0 Å². The fraction of sp³-hybridized carbons (Fsp3) is 0.240. The Labute approximate surface area is 207 Å². The lowest BCUT2D eigenvalue weighted by molar-refractivity contribution is 0.0824. The van der Waals surface area contributed by atoms with Crippen molar-refractivity contribution in [3.05, 3.63) is 76.7 Å². The lowest BCUT2D eigenvalue weighted by atomic mass is 10.1. The molecular formula is C25H27N7O2S. The van der Waals surface area contributed by atoms with Crippen LogP contribution in [0, 0.1) is 0 Å². The minimum atomic E-state index is -0.234. The van der Waals surface area contributed by atoms with E-state index in [1.165, 1.54) is 11.3 Å². The normalized spacial score (nSPS) is 13.8. The number of aromatic amines is 1. The summed E-state index contributed by atoms with van der Waals surface area (Å²) in [6.45, 7) is 4.41. The molecule has 2 amide bonds. The Morgan fingerprint density at radius 1 is 1.06 bits per heavy atom. The molecule has 0 saturated carbocycles. The number of hydrogen-bond acceptors (Lipinski definition) is 7. The summed E-state index contributed by atoms with van der Waals surface area (Å²) in [6, 6.07) is 19.3. The number of rotatable bonds is 7. The molecule has 10 heteroatoms. The summed E-state index contributed by atoms with van der Waals surface area (Å²) in [4.78, 5) is 29.1. The first-order chi connectivity index (χ1) is 17.1. The number of aromatic nitrogens is 2. The molecule has 180 valence electrons. The summed E-state index contributed by atoms with van der Waals surface area (Å²) >= 11 is 1.27. The van der Waals surface area contributed by atoms with Crippen molar-refractivity contribution < 1.29 is 9.59 Å². The van der Waals surface area contributed by atoms with Gasteiger partial charge < -0.3 is 15.5 Å². The fourth-order valence-corrected chi connectivity index (χ4v) is 4.96. The van der Waals surface area contributed by atoms with Crippen molar-refractivity contribution in [2.45, 2.75) is 6.54 Å². The van der Waals surface area contributed by atoms with Gasteiger partial charge >= 0.3 is 0 Å². The van der Waals surface area contributed by atoms with E-state index in [9.17, 15) is 9.59 Å². The molecule has 1 aliphatic heterocycles. The predicted molar refractivity (Wildman–Crippen MR) is 139 cm³/mol. The number of fused-ring (bicyclic) bond motifs is 1. The summed E-state index contributed by atoms with van der Waals surface area (Å²) in [5.41, 5.74) is 5.65. The van der Waals surface area contributed by atoms with Crippen LogP contribution in [0.2, 0.25) is 0 Å². The smallest absolute Gasteiger partial charge is 0.275 e. The number of carbonyl (C=O) groups is 2. The molecule has 0 bridgehead atoms. The van der Waals surface area contributed by atoms with Crippen LogP contribution in [0.5, 0.6) is 0 Å². The van der Waals surface area contributed by atoms with Crippen LogP contribution in [0.4, 0.5) is 11.5 Å². The van der Waals surface area contributed by atoms with Crippen molar-refractivity contribution in [1.29, 1.82) is 0 Å². The van der Waals surface area contributed by atoms with E-state index in [1.807, 2.05) is 61.6 Å². The summed E-state index contributed by atoms with van der Waals surface area (Å²) in [6.07, 6.45) is 0. The molecule has 4 aromatic rings. The van der Waals surface area contributed by atoms with Gasteiger partial charge in [0.05, 0.1) is 10.3 Å². The SMILES string of the molecule is CN(Cc1ccccc1)NC(=O)c1cc2c(NC(=O)c3ccc(N4CCNCC4)cc3)[nH]nc2s1. The molecule has 1 saturated heterocycles. The maximum Gasteiger partial charge on any atom is 0.275 e. The third kappa shape index (κ3) is 5.35. The van der Waals surface area contributed by atoms with Crippen molar-refractivity contribution in [2.75, 3.05) is 43.4 Å². The van der Waals surface area contributed by atoms with E-state index in [-0.39, 0.29) is 11.8 Å². The maximum absolute atomic E-state index is 12.8. The largest absolute Gasteiger partial charge is 0.369 e. The van der Waals surface area contributed by atoms with E-state index in [2.05, 4.69) is 31.2 Å². The van der Waals surface area contributed by atoms with Crippen molar-refractivity contribution in [1.82, 2.24) is 25.9 Å². The highest BCUT2D eigenvalue weighted by Gasteiger charge is 2.18. The number of hydrazine groups is 1. The molecule has 2 aromatic heterocycles. The molecule has 1 fully saturated rings. The Morgan fingerprint density at radius 2 is 1.80 bits per heavy atom. The Hall–Kier alpha value is -3.73. The number of hydrogen-bond donors (Lipinski definition) is 4. The molecule has 0 spiro atoms. The van der Waals surface area contributed by atoms with Gasteiger partial charge in [0, 0.05) is 51.0 Å². The zero-order chi connectivity index (χ0) is 24.2. The molecular weight excluding hydrogens is 462 g/mol. The summed E-state index contributed by atoms with van der Waals surface area (Å²) in [5, 5.41) is 15.8. The molecule has 0 unspecified atom stereocenters. The summed E-state index contributed by atoms with van der Waals surface area (Å²) in [5.74, 6) is 0.0264. The number of piperazine rings is 1. The molecule has 0 aliphatic carbocycles. The van der Waals surface area contributed by atoms with Gasteiger partial charge in [0.1, 0.15) is 10.6 Å². The Morgan fingerprint density at radius 3 is 2.54 bits per heavy atom. The average Bonchev–Trinajstić information content (AvgIpc) is 3.47. The summed E-state index contributed by atoms with van der Waals surface area (Å²) < 4.78 is 0. The second kappa shape index (κ2) is 10.3. The fourth-order valence-electron chi connectivity index (χ4n) is 4.08. The van der Waals surface area contributed by atoms with Gasteiger partial charge in [0.15, 0.2) is 0 Å². The maximum atomic E-state index is 12.8. The second-order valence-corrected chi connectivity index (χ2v) is 9.48. The van der Waals surface area contributed by atoms with Crippen molar-refractivity contribution in [3.8, 4) is 0 Å². The van der Waals surface area contributed by atoms with Crippen LogP contribution in [0.3, 0.4) is 0 Å². The minimum absolute atomic E-state index is 0.216. The zero-order valence-corrected chi connectivity index (χ0v) is 20.2. The molecule has 0 atom stereocenters. The predicted octanol–water partition coefficient (Wildman–Crippen LogP) is 3.06. The zero-order valence-electron chi connectivity index (χ0n) is 19.4. The number of anilines is 2. The lowest BCUT2D eigenvalue weighted by Gasteiger charge is -2.29. The van der Waals surface area contributed by atoms with Gasteiger partial charge in [-0.1, -0.05) is 30.3 Å². The van der Waals surface area contributed by atoms with E-state index in [4.69, 9.17) is 0 Å². The Kier molecular flexibility index (Phi) is 6.75. The van der Waals surface area contributed by atoms with E-state index in [0.29, 0.717) is 33.0 Å². The molecule has 9 nitrogen and oxygen atoms in total. The molecule has 1 aliphatic rings. The monoisotopic (exact) mass is 489 g/mol. The highest BCUT2D eigenvalue weighted by Crippen LogP contribution is 2.29. The van der Waals surface area contributed by atoms with Crippen LogP contribution in [0.1, 0.15) is 25.6 Å². The van der Waals surface area contributed by atoms with Crippen LogP contribution < -0.4 is 21.0 Å². The third-order valence-corrected chi connectivity index (χ3v) is 6.91. The van der Waals surface area contributed by atoms with Gasteiger partial charge in [-0.3, -0.25) is 20.1 Å². The Balaban J connectivity index is 1.23. The lowest BCUT2D eigenvalue weighted by Crippen LogP contribution is -2.43. The number of carbonyl (C=O) groups excluding carboxylic acids is 2. The first-order valence-electron chi connectivity index (χ1n) is 11.5. The van der Waals surface area contributed by atoms with Crippen LogP contribution in [0.25, 0.3) is 10.2 Å². The van der Waals surface area contributed by atoms with Crippen LogP contribution in [-0.2, 0) is 6.54 Å². The highest BCUT2D eigenvalue weighted by atomic mass is 32.1. The first-order valence-corrected chi connectivity index (χ1v) is 12.3. The molecule has 0 radical (unpaired) electrons. The number of thiophene rings is 1. The van der Waals surface area contributed by atoms with E-state index < -0.39 is 0 Å². The Bertz CT molecular complexity index is 1310. The molecule has 2 aromatic carbocycles. The molecule has 4 N–H and O–H groups in total. The summed E-state index contributed by atoms with van der Waals surface area (Å²) in [7, 11) is 1.82. The molecule has 5 rings (SSSR count). The van der Waals surface area contributed by atoms with E-state index in [1.54, 1.807) is 11.1 Å². The van der Waals surface area contributed by atoms with Crippen LogP contribution in [0.15, 0.2) is 60.7 Å². The molecule has 35 heavy (non-hydrogen) atoms. The number of H-pyrrole nitrogens is 1. The minimum Gasteiger partial charge on any atom is -0.369 e. The average molecular weight is 490 g/mol. The van der Waals surface area contributed by atoms with Gasteiger partial charge in [0.25, 0.3) is 11.8 Å². The quantitative estimate of drug-likeness (QED) is 0.298. The van der Waals surface area contributed by atoms with Crippen LogP contribution in [-0.4, -0.2) is 60.2 Å². The third-order valence-electron chi connectivity index (χ3n) is 5.88. The van der Waals surface area contributed by atoms with Crippen LogP contribution >= 0.6 is 11.3 Å². The second-order valence-electron chi connectivity index (χ2n) is 8.45. The van der Waals surface area contributed by atoms with E-state index in [0.717, 1.165) is 37.4 Å². The van der Waals surface area contributed by atoms with Crippen molar-refractivity contribution >= 4 is 44.9 Å².